The van der Waals surface area contributed by atoms with Crippen molar-refractivity contribution < 1.29 is 9.53 Å². The van der Waals surface area contributed by atoms with E-state index < -0.39 is 0 Å². The highest BCUT2D eigenvalue weighted by Crippen LogP contribution is 2.24. The minimum Gasteiger partial charge on any atom is -0.496 e. The van der Waals surface area contributed by atoms with Crippen LogP contribution in [0.3, 0.4) is 0 Å². The van der Waals surface area contributed by atoms with E-state index in [4.69, 9.17) is 4.74 Å². The number of carbonyl (C=O) groups excluding carboxylic acids is 1. The Morgan fingerprint density at radius 1 is 1.33 bits per heavy atom. The van der Waals surface area contributed by atoms with Crippen LogP contribution in [0.4, 0.5) is 0 Å². The molecule has 8 heteroatoms. The van der Waals surface area contributed by atoms with E-state index in [1.807, 2.05) is 0 Å². The molecular weight excluding hydrogens is 274 g/mol. The highest BCUT2D eigenvalue weighted by Gasteiger charge is 2.34. The van der Waals surface area contributed by atoms with Gasteiger partial charge in [0.25, 0.3) is 11.5 Å². The molecule has 0 aromatic carbocycles. The Bertz CT molecular complexity index is 716. The highest BCUT2D eigenvalue weighted by molar-refractivity contribution is 5.97. The summed E-state index contributed by atoms with van der Waals surface area (Å²) in [6.45, 7) is 1.08. The number of aryl methyl sites for hydroxylation is 1. The fourth-order valence-corrected chi connectivity index (χ4v) is 2.29. The van der Waals surface area contributed by atoms with Gasteiger partial charge in [0.05, 0.1) is 25.1 Å². The third kappa shape index (κ3) is 2.28. The monoisotopic (exact) mass is 289 g/mol. The van der Waals surface area contributed by atoms with Gasteiger partial charge in [0.2, 0.25) is 0 Å². The van der Waals surface area contributed by atoms with Crippen LogP contribution in [0.15, 0.2) is 29.5 Å². The largest absolute Gasteiger partial charge is 0.496 e. The second-order valence-corrected chi connectivity index (χ2v) is 4.92. The van der Waals surface area contributed by atoms with Crippen LogP contribution < -0.4 is 10.3 Å². The number of hydrogen-bond acceptors (Lipinski definition) is 5. The number of ether oxygens (including phenoxy) is 1. The first-order chi connectivity index (χ1) is 10.1. The summed E-state index contributed by atoms with van der Waals surface area (Å²) in [6, 6.07) is 1.42. The van der Waals surface area contributed by atoms with Crippen LogP contribution >= 0.6 is 0 Å². The van der Waals surface area contributed by atoms with Crippen molar-refractivity contribution >= 4 is 5.91 Å². The topological polar surface area (TPSA) is 82.2 Å². The fraction of sp³-hybridized carbons (Fsp3) is 0.385. The molecule has 0 saturated carbocycles. The van der Waals surface area contributed by atoms with Gasteiger partial charge in [0.1, 0.15) is 11.8 Å². The van der Waals surface area contributed by atoms with Crippen molar-refractivity contribution in [3.63, 3.8) is 0 Å². The van der Waals surface area contributed by atoms with E-state index >= 15 is 0 Å². The maximum atomic E-state index is 12.5. The van der Waals surface area contributed by atoms with Gasteiger partial charge in [-0.25, -0.2) is 0 Å². The quantitative estimate of drug-likeness (QED) is 0.773. The van der Waals surface area contributed by atoms with Crippen LogP contribution in [0, 0.1) is 0 Å². The van der Waals surface area contributed by atoms with Gasteiger partial charge in [-0.2, -0.15) is 15.0 Å². The predicted molar refractivity (Wildman–Crippen MR) is 73.2 cm³/mol. The maximum Gasteiger partial charge on any atom is 0.259 e. The lowest BCUT2D eigenvalue weighted by molar-refractivity contribution is 0.0472. The number of carbonyl (C=O) groups is 1. The van der Waals surface area contributed by atoms with Crippen molar-refractivity contribution in [1.29, 1.82) is 0 Å². The van der Waals surface area contributed by atoms with Crippen LogP contribution in [0.1, 0.15) is 16.4 Å². The number of amides is 1. The summed E-state index contributed by atoms with van der Waals surface area (Å²) < 4.78 is 6.49. The molecule has 21 heavy (non-hydrogen) atoms. The average molecular weight is 289 g/mol. The van der Waals surface area contributed by atoms with Crippen molar-refractivity contribution in [1.82, 2.24) is 24.5 Å². The lowest BCUT2D eigenvalue weighted by Gasteiger charge is -2.38. The number of rotatable bonds is 3. The molecule has 0 unspecified atom stereocenters. The molecule has 0 spiro atoms. The summed E-state index contributed by atoms with van der Waals surface area (Å²) in [5.41, 5.74) is 0.164. The molecule has 1 fully saturated rings. The van der Waals surface area contributed by atoms with Gasteiger partial charge in [0, 0.05) is 32.4 Å². The smallest absolute Gasteiger partial charge is 0.259 e. The van der Waals surface area contributed by atoms with E-state index in [1.165, 1.54) is 23.9 Å². The Hall–Kier alpha value is -2.64. The number of methoxy groups -OCH3 is 1. The molecule has 0 N–H and O–H groups in total. The van der Waals surface area contributed by atoms with Gasteiger partial charge in [-0.05, 0) is 0 Å². The lowest BCUT2D eigenvalue weighted by Crippen LogP contribution is -2.51. The molecule has 110 valence electrons. The zero-order chi connectivity index (χ0) is 15.0. The first-order valence-corrected chi connectivity index (χ1v) is 6.50. The van der Waals surface area contributed by atoms with E-state index in [1.54, 1.807) is 29.1 Å². The van der Waals surface area contributed by atoms with E-state index in [0.29, 0.717) is 24.4 Å². The minimum atomic E-state index is -0.217. The molecule has 0 radical (unpaired) electrons. The molecule has 2 aromatic rings. The molecule has 0 atom stereocenters. The molecule has 3 heterocycles. The molecule has 1 amide bonds. The molecular formula is C13H15N5O3. The predicted octanol–water partition coefficient (Wildman–Crippen LogP) is -0.318. The summed E-state index contributed by atoms with van der Waals surface area (Å²) in [6.07, 6.45) is 4.73. The van der Waals surface area contributed by atoms with Crippen LogP contribution in [-0.2, 0) is 7.05 Å². The summed E-state index contributed by atoms with van der Waals surface area (Å²) in [7, 11) is 3.04. The van der Waals surface area contributed by atoms with Crippen LogP contribution in [-0.4, -0.2) is 50.6 Å². The first kappa shape index (κ1) is 13.3. The van der Waals surface area contributed by atoms with E-state index in [9.17, 15) is 9.59 Å². The molecule has 8 nitrogen and oxygen atoms in total. The SMILES string of the molecule is COc1cc(=O)n(C)cc1C(=O)N1CC(n2nccn2)C1. The average Bonchev–Trinajstić information content (AvgIpc) is 2.93. The Morgan fingerprint density at radius 2 is 2.00 bits per heavy atom. The highest BCUT2D eigenvalue weighted by atomic mass is 16.5. The number of aromatic nitrogens is 4. The van der Waals surface area contributed by atoms with Gasteiger partial charge in [-0.3, -0.25) is 9.59 Å². The van der Waals surface area contributed by atoms with Gasteiger partial charge >= 0.3 is 0 Å². The molecule has 0 bridgehead atoms. The third-order valence-electron chi connectivity index (χ3n) is 3.55. The van der Waals surface area contributed by atoms with E-state index in [2.05, 4.69) is 10.2 Å². The number of hydrogen-bond donors (Lipinski definition) is 0. The summed E-state index contributed by atoms with van der Waals surface area (Å²) >= 11 is 0. The maximum absolute atomic E-state index is 12.5. The van der Waals surface area contributed by atoms with E-state index in [0.717, 1.165) is 0 Å². The van der Waals surface area contributed by atoms with Crippen molar-refractivity contribution in [3.05, 3.63) is 40.6 Å². The molecule has 3 rings (SSSR count). The second-order valence-electron chi connectivity index (χ2n) is 4.92. The van der Waals surface area contributed by atoms with Crippen molar-refractivity contribution in [3.8, 4) is 5.75 Å². The van der Waals surface area contributed by atoms with Gasteiger partial charge in [0.15, 0.2) is 0 Å². The van der Waals surface area contributed by atoms with Gasteiger partial charge in [-0.1, -0.05) is 0 Å². The summed E-state index contributed by atoms with van der Waals surface area (Å²) in [5.74, 6) is 0.134. The first-order valence-electron chi connectivity index (χ1n) is 6.50. The molecule has 0 aliphatic carbocycles. The standard InChI is InChI=1S/C13H15N5O3/c1-16-8-10(11(21-2)5-12(16)19)13(20)17-6-9(7-17)18-14-3-4-15-18/h3-5,8-9H,6-7H2,1-2H3. The molecule has 1 saturated heterocycles. The number of likely N-dealkylation sites (tertiary alicyclic amines) is 1. The number of pyridine rings is 1. The minimum absolute atomic E-state index is 0.0995. The zero-order valence-corrected chi connectivity index (χ0v) is 11.8. The fourth-order valence-electron chi connectivity index (χ4n) is 2.29. The van der Waals surface area contributed by atoms with Crippen molar-refractivity contribution in [2.24, 2.45) is 7.05 Å². The molecule has 2 aromatic heterocycles. The Labute approximate surface area is 120 Å². The Balaban J connectivity index is 1.78. The Kier molecular flexibility index (Phi) is 3.20. The normalized spacial score (nSPS) is 14.9. The van der Waals surface area contributed by atoms with Crippen molar-refractivity contribution in [2.75, 3.05) is 20.2 Å². The Morgan fingerprint density at radius 3 is 2.62 bits per heavy atom. The zero-order valence-electron chi connectivity index (χ0n) is 11.8. The van der Waals surface area contributed by atoms with Crippen LogP contribution in [0.25, 0.3) is 0 Å². The number of nitrogens with zero attached hydrogens (tertiary/aromatic N) is 5. The van der Waals surface area contributed by atoms with Crippen LogP contribution in [0.2, 0.25) is 0 Å². The second kappa shape index (κ2) is 5.04. The van der Waals surface area contributed by atoms with Gasteiger partial charge in [-0.15, -0.1) is 0 Å². The van der Waals surface area contributed by atoms with Gasteiger partial charge < -0.3 is 14.2 Å². The third-order valence-corrected chi connectivity index (χ3v) is 3.55. The van der Waals surface area contributed by atoms with Crippen LogP contribution in [0.5, 0.6) is 5.75 Å². The summed E-state index contributed by atoms with van der Waals surface area (Å²) in [5, 5.41) is 8.12. The lowest BCUT2D eigenvalue weighted by atomic mass is 10.1. The van der Waals surface area contributed by atoms with E-state index in [-0.39, 0.29) is 17.5 Å². The summed E-state index contributed by atoms with van der Waals surface area (Å²) in [4.78, 5) is 27.3. The van der Waals surface area contributed by atoms with Crippen molar-refractivity contribution in [2.45, 2.75) is 6.04 Å². The molecule has 1 aliphatic rings. The molecule has 1 aliphatic heterocycles.